The Bertz CT molecular complexity index is 1260. The maximum atomic E-state index is 12.6. The summed E-state index contributed by atoms with van der Waals surface area (Å²) in [6.45, 7) is 5.24. The predicted octanol–water partition coefficient (Wildman–Crippen LogP) is 3.15. The maximum Gasteiger partial charge on any atom is 0.274 e. The summed E-state index contributed by atoms with van der Waals surface area (Å²) in [4.78, 5) is 24.0. The number of fused-ring (bicyclic) bond motifs is 2. The molecule has 0 saturated carbocycles. The molecule has 0 radical (unpaired) electrons. The zero-order valence-corrected chi connectivity index (χ0v) is 17.6. The molecule has 1 aliphatic rings. The molecule has 0 atom stereocenters. The van der Waals surface area contributed by atoms with E-state index < -0.39 is 0 Å². The van der Waals surface area contributed by atoms with Crippen molar-refractivity contribution in [2.45, 2.75) is 39.4 Å². The monoisotopic (exact) mass is 414 g/mol. The number of aromatic nitrogens is 4. The molecule has 158 valence electrons. The van der Waals surface area contributed by atoms with Gasteiger partial charge in [-0.15, -0.1) is 0 Å². The Morgan fingerprint density at radius 3 is 2.61 bits per heavy atom. The first-order valence-electron chi connectivity index (χ1n) is 10.8. The zero-order chi connectivity index (χ0) is 21.2. The van der Waals surface area contributed by atoms with E-state index in [1.807, 2.05) is 0 Å². The number of anilines is 1. The highest BCUT2D eigenvalue weighted by atomic mass is 16.1. The predicted molar refractivity (Wildman–Crippen MR) is 121 cm³/mol. The van der Waals surface area contributed by atoms with Crippen molar-refractivity contribution < 1.29 is 0 Å². The molecule has 0 amide bonds. The number of hydrogen-bond acceptors (Lipinski definition) is 5. The van der Waals surface area contributed by atoms with Crippen molar-refractivity contribution in [2.75, 3.05) is 11.9 Å². The average Bonchev–Trinajstić information content (AvgIpc) is 3.21. The van der Waals surface area contributed by atoms with E-state index in [1.54, 1.807) is 6.07 Å². The number of aromatic amines is 1. The minimum absolute atomic E-state index is 0.148. The van der Waals surface area contributed by atoms with Crippen LogP contribution >= 0.6 is 0 Å². The Labute approximate surface area is 180 Å². The molecule has 0 saturated heterocycles. The lowest BCUT2D eigenvalue weighted by molar-refractivity contribution is 0.242. The third-order valence-corrected chi connectivity index (χ3v) is 5.87. The summed E-state index contributed by atoms with van der Waals surface area (Å²) in [6, 6.07) is 18.6. The topological polar surface area (TPSA) is 78.3 Å². The zero-order valence-electron chi connectivity index (χ0n) is 17.6. The van der Waals surface area contributed by atoms with E-state index in [0.717, 1.165) is 37.2 Å². The summed E-state index contributed by atoms with van der Waals surface area (Å²) in [5.74, 6) is 0.928. The summed E-state index contributed by atoms with van der Waals surface area (Å²) in [7, 11) is 0. The number of nitrogens with one attached hydrogen (secondary N) is 2. The standard InChI is InChI=1S/C24H26N6O/c1-2-17-7-9-18(10-8-17)14-25-23-27-24-26-21(13-22(31)30(24)28-23)16-29-12-11-19-5-3-4-6-20(19)15-29/h3-10,13H,2,11-12,14-16H2,1H3,(H2,25,26,27,28). The quantitative estimate of drug-likeness (QED) is 0.507. The van der Waals surface area contributed by atoms with Gasteiger partial charge in [0, 0.05) is 32.2 Å². The fraction of sp³-hybridized carbons (Fsp3) is 0.292. The van der Waals surface area contributed by atoms with Crippen LogP contribution in [0.4, 0.5) is 5.95 Å². The van der Waals surface area contributed by atoms with Gasteiger partial charge in [-0.25, -0.2) is 4.98 Å². The molecule has 31 heavy (non-hydrogen) atoms. The van der Waals surface area contributed by atoms with Crippen LogP contribution in [0.2, 0.25) is 0 Å². The van der Waals surface area contributed by atoms with Crippen LogP contribution in [-0.4, -0.2) is 31.0 Å². The normalized spacial score (nSPS) is 14.0. The summed E-state index contributed by atoms with van der Waals surface area (Å²) >= 11 is 0. The van der Waals surface area contributed by atoms with Gasteiger partial charge >= 0.3 is 0 Å². The Hall–Kier alpha value is -3.45. The lowest BCUT2D eigenvalue weighted by atomic mass is 10.00. The van der Waals surface area contributed by atoms with Crippen LogP contribution in [0.1, 0.15) is 34.9 Å². The SMILES string of the molecule is CCc1ccc(CNc2nc3nc(CN4CCc5ccccc5C4)cc(=O)n3[nH]2)cc1. The van der Waals surface area contributed by atoms with Crippen LogP contribution in [0.25, 0.3) is 5.78 Å². The van der Waals surface area contributed by atoms with E-state index in [9.17, 15) is 4.79 Å². The first kappa shape index (κ1) is 19.5. The van der Waals surface area contributed by atoms with Crippen LogP contribution in [-0.2, 0) is 32.5 Å². The molecule has 2 N–H and O–H groups in total. The number of rotatable bonds is 6. The van der Waals surface area contributed by atoms with Crippen LogP contribution in [0.15, 0.2) is 59.4 Å². The van der Waals surface area contributed by atoms with E-state index in [1.165, 1.54) is 21.2 Å². The molecule has 3 heterocycles. The minimum Gasteiger partial charge on any atom is -0.351 e. The van der Waals surface area contributed by atoms with Crippen LogP contribution in [0.3, 0.4) is 0 Å². The molecule has 1 aliphatic heterocycles. The molecular formula is C24H26N6O. The molecule has 0 spiro atoms. The fourth-order valence-corrected chi connectivity index (χ4v) is 4.08. The highest BCUT2D eigenvalue weighted by Crippen LogP contribution is 2.19. The number of hydrogen-bond donors (Lipinski definition) is 2. The third kappa shape index (κ3) is 4.22. The van der Waals surface area contributed by atoms with Gasteiger partial charge in [0.05, 0.1) is 5.69 Å². The molecule has 5 rings (SSSR count). The first-order valence-corrected chi connectivity index (χ1v) is 10.8. The number of aryl methyl sites for hydroxylation is 1. The highest BCUT2D eigenvalue weighted by molar-refractivity contribution is 5.38. The van der Waals surface area contributed by atoms with Crippen molar-refractivity contribution >= 4 is 11.7 Å². The van der Waals surface area contributed by atoms with Crippen molar-refractivity contribution in [1.29, 1.82) is 0 Å². The molecule has 7 heteroatoms. The lowest BCUT2D eigenvalue weighted by Gasteiger charge is -2.28. The van der Waals surface area contributed by atoms with Crippen molar-refractivity contribution in [3.63, 3.8) is 0 Å². The smallest absolute Gasteiger partial charge is 0.274 e. The van der Waals surface area contributed by atoms with Crippen molar-refractivity contribution in [2.24, 2.45) is 0 Å². The first-order chi connectivity index (χ1) is 15.2. The van der Waals surface area contributed by atoms with Gasteiger partial charge in [-0.05, 0) is 35.1 Å². The summed E-state index contributed by atoms with van der Waals surface area (Å²) in [5, 5.41) is 6.26. The number of benzene rings is 2. The van der Waals surface area contributed by atoms with Gasteiger partial charge in [0.15, 0.2) is 0 Å². The van der Waals surface area contributed by atoms with Gasteiger partial charge in [0.2, 0.25) is 5.95 Å². The van der Waals surface area contributed by atoms with Gasteiger partial charge < -0.3 is 5.32 Å². The van der Waals surface area contributed by atoms with E-state index in [-0.39, 0.29) is 5.56 Å². The second-order valence-electron chi connectivity index (χ2n) is 8.05. The average molecular weight is 415 g/mol. The minimum atomic E-state index is -0.148. The molecule has 2 aromatic carbocycles. The molecule has 0 unspecified atom stereocenters. The Balaban J connectivity index is 1.29. The van der Waals surface area contributed by atoms with Gasteiger partial charge in [-0.3, -0.25) is 14.8 Å². The summed E-state index contributed by atoms with van der Waals surface area (Å²) < 4.78 is 1.39. The van der Waals surface area contributed by atoms with Gasteiger partial charge in [-0.1, -0.05) is 55.5 Å². The maximum absolute atomic E-state index is 12.6. The molecule has 0 fully saturated rings. The van der Waals surface area contributed by atoms with Crippen LogP contribution in [0, 0.1) is 0 Å². The molecule has 2 aromatic heterocycles. The lowest BCUT2D eigenvalue weighted by Crippen LogP contribution is -2.31. The second kappa shape index (κ2) is 8.35. The van der Waals surface area contributed by atoms with E-state index in [2.05, 4.69) is 80.7 Å². The van der Waals surface area contributed by atoms with Crippen molar-refractivity contribution in [3.8, 4) is 0 Å². The van der Waals surface area contributed by atoms with E-state index in [4.69, 9.17) is 0 Å². The largest absolute Gasteiger partial charge is 0.351 e. The second-order valence-corrected chi connectivity index (χ2v) is 8.05. The van der Waals surface area contributed by atoms with Crippen molar-refractivity contribution in [1.82, 2.24) is 24.5 Å². The van der Waals surface area contributed by atoms with E-state index >= 15 is 0 Å². The van der Waals surface area contributed by atoms with Gasteiger partial charge in [0.1, 0.15) is 0 Å². The molecular weight excluding hydrogens is 388 g/mol. The summed E-state index contributed by atoms with van der Waals surface area (Å²) in [5.41, 5.74) is 5.83. The molecule has 0 aliphatic carbocycles. The van der Waals surface area contributed by atoms with E-state index in [0.29, 0.717) is 24.8 Å². The van der Waals surface area contributed by atoms with Crippen LogP contribution in [0.5, 0.6) is 0 Å². The molecule has 4 aromatic rings. The Kier molecular flexibility index (Phi) is 5.26. The third-order valence-electron chi connectivity index (χ3n) is 5.87. The highest BCUT2D eigenvalue weighted by Gasteiger charge is 2.17. The van der Waals surface area contributed by atoms with Gasteiger partial charge in [-0.2, -0.15) is 9.50 Å². The fourth-order valence-electron chi connectivity index (χ4n) is 4.08. The Morgan fingerprint density at radius 1 is 1.03 bits per heavy atom. The number of nitrogens with zero attached hydrogens (tertiary/aromatic N) is 4. The van der Waals surface area contributed by atoms with Gasteiger partial charge in [0.25, 0.3) is 11.3 Å². The summed E-state index contributed by atoms with van der Waals surface area (Å²) in [6.07, 6.45) is 2.05. The molecule has 0 bridgehead atoms. The van der Waals surface area contributed by atoms with Crippen LogP contribution < -0.4 is 10.9 Å². The van der Waals surface area contributed by atoms with Crippen molar-refractivity contribution in [3.05, 3.63) is 92.9 Å². The Morgan fingerprint density at radius 2 is 1.81 bits per heavy atom. The molecule has 7 nitrogen and oxygen atoms in total. The number of H-pyrrole nitrogens is 1.